The summed E-state index contributed by atoms with van der Waals surface area (Å²) in [6, 6.07) is 8.95. The zero-order valence-electron chi connectivity index (χ0n) is 22.7. The highest BCUT2D eigenvalue weighted by Gasteiger charge is 2.30. The van der Waals surface area contributed by atoms with Gasteiger partial charge in [-0.1, -0.05) is 24.3 Å². The largest absolute Gasteiger partial charge is 0.493 e. The van der Waals surface area contributed by atoms with E-state index >= 15 is 0 Å². The summed E-state index contributed by atoms with van der Waals surface area (Å²) in [7, 11) is 1.91. The Balaban J connectivity index is 1.95. The Morgan fingerprint density at radius 1 is 1.11 bits per heavy atom. The van der Waals surface area contributed by atoms with Gasteiger partial charge in [0.05, 0.1) is 23.3 Å². The van der Waals surface area contributed by atoms with Gasteiger partial charge >= 0.3 is 12.1 Å². The van der Waals surface area contributed by atoms with Crippen molar-refractivity contribution in [3.8, 4) is 5.75 Å². The summed E-state index contributed by atoms with van der Waals surface area (Å²) in [4.78, 5) is 18.1. The Hall–Kier alpha value is -3.29. The van der Waals surface area contributed by atoms with Crippen molar-refractivity contribution in [2.75, 3.05) is 20.2 Å². The average Bonchev–Trinajstić information content (AvgIpc) is 2.82. The molecule has 5 nitrogen and oxygen atoms in total. The molecule has 0 heterocycles. The molecule has 0 saturated heterocycles. The van der Waals surface area contributed by atoms with Gasteiger partial charge in [-0.25, -0.2) is 4.99 Å². The van der Waals surface area contributed by atoms with E-state index in [0.29, 0.717) is 30.8 Å². The molecular formula is C29H37F3N2O3. The summed E-state index contributed by atoms with van der Waals surface area (Å²) >= 11 is 0. The van der Waals surface area contributed by atoms with Crippen LogP contribution in [0.3, 0.4) is 0 Å². The number of allylic oxidation sites excluding steroid dienone is 1. The van der Waals surface area contributed by atoms with Gasteiger partial charge in [-0.2, -0.15) is 13.2 Å². The fourth-order valence-corrected chi connectivity index (χ4v) is 3.78. The van der Waals surface area contributed by atoms with Crippen LogP contribution in [0.25, 0.3) is 5.70 Å². The first-order valence-corrected chi connectivity index (χ1v) is 12.2. The molecule has 0 aliphatic heterocycles. The summed E-state index contributed by atoms with van der Waals surface area (Å²) < 4.78 is 44.5. The van der Waals surface area contributed by atoms with Crippen LogP contribution in [0.4, 0.5) is 13.2 Å². The number of aryl methyl sites for hydroxylation is 2. The summed E-state index contributed by atoms with van der Waals surface area (Å²) in [6.45, 7) is 12.2. The molecule has 2 aromatic rings. The van der Waals surface area contributed by atoms with Crippen molar-refractivity contribution in [2.45, 2.75) is 60.6 Å². The van der Waals surface area contributed by atoms with E-state index < -0.39 is 23.1 Å². The van der Waals surface area contributed by atoms with Crippen molar-refractivity contribution in [3.63, 3.8) is 0 Å². The van der Waals surface area contributed by atoms with Gasteiger partial charge in [0.1, 0.15) is 11.6 Å². The van der Waals surface area contributed by atoms with Crippen molar-refractivity contribution < 1.29 is 27.8 Å². The van der Waals surface area contributed by atoms with Crippen LogP contribution >= 0.6 is 0 Å². The summed E-state index contributed by atoms with van der Waals surface area (Å²) in [5, 5.41) is 9.42. The van der Waals surface area contributed by atoms with E-state index in [1.54, 1.807) is 26.8 Å². The lowest BCUT2D eigenvalue weighted by Crippen LogP contribution is -2.27. The van der Waals surface area contributed by atoms with E-state index in [2.05, 4.69) is 4.99 Å². The monoisotopic (exact) mass is 518 g/mol. The number of hydrogen-bond donors (Lipinski definition) is 1. The lowest BCUT2D eigenvalue weighted by molar-refractivity contribution is -0.146. The molecule has 0 spiro atoms. The lowest BCUT2D eigenvalue weighted by atomic mass is 9.84. The van der Waals surface area contributed by atoms with E-state index in [4.69, 9.17) is 4.74 Å². The van der Waals surface area contributed by atoms with Crippen molar-refractivity contribution in [1.29, 1.82) is 0 Å². The Bertz CT molecular complexity index is 1150. The number of halogens is 3. The maximum absolute atomic E-state index is 12.8. The van der Waals surface area contributed by atoms with Gasteiger partial charge < -0.3 is 14.7 Å². The lowest BCUT2D eigenvalue weighted by Gasteiger charge is -2.22. The predicted octanol–water partition coefficient (Wildman–Crippen LogP) is 7.16. The maximum Gasteiger partial charge on any atom is 0.416 e. The maximum atomic E-state index is 12.8. The topological polar surface area (TPSA) is 62.1 Å². The molecule has 0 unspecified atom stereocenters. The van der Waals surface area contributed by atoms with Gasteiger partial charge in [0.25, 0.3) is 0 Å². The molecule has 0 radical (unpaired) electrons. The molecule has 8 heteroatoms. The Kier molecular flexibility index (Phi) is 9.95. The third kappa shape index (κ3) is 8.37. The average molecular weight is 519 g/mol. The third-order valence-electron chi connectivity index (χ3n) is 6.36. The third-order valence-corrected chi connectivity index (χ3v) is 6.36. The number of carboxylic acids is 1. The molecule has 37 heavy (non-hydrogen) atoms. The Labute approximate surface area is 217 Å². The van der Waals surface area contributed by atoms with E-state index in [0.717, 1.165) is 46.8 Å². The second-order valence-corrected chi connectivity index (χ2v) is 9.94. The van der Waals surface area contributed by atoms with Crippen LogP contribution in [-0.2, 0) is 17.4 Å². The number of amidine groups is 1. The van der Waals surface area contributed by atoms with Crippen molar-refractivity contribution in [1.82, 2.24) is 4.90 Å². The van der Waals surface area contributed by atoms with Crippen LogP contribution in [0.1, 0.15) is 61.9 Å². The van der Waals surface area contributed by atoms with Crippen LogP contribution in [0.2, 0.25) is 0 Å². The van der Waals surface area contributed by atoms with Gasteiger partial charge in [-0.3, -0.25) is 4.79 Å². The number of alkyl halides is 3. The second kappa shape index (κ2) is 12.3. The minimum atomic E-state index is -4.37. The fraction of sp³-hybridized carbons (Fsp3) is 0.448. The highest BCUT2D eigenvalue weighted by atomic mass is 19.4. The van der Waals surface area contributed by atoms with Crippen molar-refractivity contribution >= 4 is 17.5 Å². The molecule has 0 amide bonds. The first kappa shape index (κ1) is 29.9. The molecule has 2 rings (SSSR count). The minimum absolute atomic E-state index is 0.444. The van der Waals surface area contributed by atoms with E-state index in [-0.39, 0.29) is 0 Å². The number of hydrogen-bond acceptors (Lipinski definition) is 3. The van der Waals surface area contributed by atoms with Gasteiger partial charge in [-0.15, -0.1) is 0 Å². The SMILES string of the molecule is C/C=C(\N=C(/C)N(C)CCCOc1cc(C)c(CC(C)(C)C(=O)O)cc1C)c1ccc(C(F)(F)F)cc1. The van der Waals surface area contributed by atoms with E-state index in [1.807, 2.05) is 44.9 Å². The molecule has 0 aliphatic carbocycles. The van der Waals surface area contributed by atoms with Crippen LogP contribution in [0, 0.1) is 19.3 Å². The van der Waals surface area contributed by atoms with E-state index in [1.165, 1.54) is 12.1 Å². The standard InChI is InChI=1S/C29H37F3N2O3/c1-8-25(22-10-12-24(13-11-22)29(30,31)32)33-21(4)34(7)14-9-15-37-26-17-19(2)23(16-20(26)3)18-28(5,6)27(35)36/h8,10-13,16-17H,9,14-15,18H2,1-7H3,(H,35,36)/b25-8-,33-21+. The Morgan fingerprint density at radius 2 is 1.73 bits per heavy atom. The van der Waals surface area contributed by atoms with Gasteiger partial charge in [-0.05, 0) is 94.8 Å². The van der Waals surface area contributed by atoms with Gasteiger partial charge in [0, 0.05) is 13.6 Å². The second-order valence-electron chi connectivity index (χ2n) is 9.94. The highest BCUT2D eigenvalue weighted by molar-refractivity contribution is 5.86. The quantitative estimate of drug-likeness (QED) is 0.206. The molecule has 0 bridgehead atoms. The summed E-state index contributed by atoms with van der Waals surface area (Å²) in [5.41, 5.74) is 2.65. The molecule has 0 saturated carbocycles. The first-order valence-electron chi connectivity index (χ1n) is 12.2. The molecule has 2 aromatic carbocycles. The number of carbonyl (C=O) groups is 1. The van der Waals surface area contributed by atoms with Crippen molar-refractivity contribution in [2.24, 2.45) is 10.4 Å². The van der Waals surface area contributed by atoms with Crippen LogP contribution in [0.15, 0.2) is 47.5 Å². The van der Waals surface area contributed by atoms with Crippen LogP contribution in [-0.4, -0.2) is 42.0 Å². The van der Waals surface area contributed by atoms with Gasteiger partial charge in [0.2, 0.25) is 0 Å². The van der Waals surface area contributed by atoms with Crippen molar-refractivity contribution in [3.05, 3.63) is 70.3 Å². The number of rotatable bonds is 10. The summed E-state index contributed by atoms with van der Waals surface area (Å²) in [6.07, 6.45) is -1.41. The molecule has 0 fully saturated rings. The molecule has 0 atom stereocenters. The predicted molar refractivity (Wildman–Crippen MR) is 142 cm³/mol. The number of aliphatic imine (C=N–C) groups is 1. The zero-order valence-corrected chi connectivity index (χ0v) is 22.7. The number of benzene rings is 2. The fourth-order valence-electron chi connectivity index (χ4n) is 3.78. The van der Waals surface area contributed by atoms with Crippen LogP contribution < -0.4 is 4.74 Å². The normalized spacial score (nSPS) is 13.0. The van der Waals surface area contributed by atoms with E-state index in [9.17, 15) is 23.1 Å². The molecular weight excluding hydrogens is 481 g/mol. The Morgan fingerprint density at radius 3 is 2.27 bits per heavy atom. The minimum Gasteiger partial charge on any atom is -0.493 e. The number of carboxylic acid groups (broad SMARTS) is 1. The molecule has 202 valence electrons. The number of nitrogens with zero attached hydrogens (tertiary/aromatic N) is 2. The zero-order chi connectivity index (χ0) is 28.0. The molecule has 0 aliphatic rings. The highest BCUT2D eigenvalue weighted by Crippen LogP contribution is 2.31. The summed E-state index contributed by atoms with van der Waals surface area (Å²) in [5.74, 6) is 0.695. The smallest absolute Gasteiger partial charge is 0.416 e. The van der Waals surface area contributed by atoms with Crippen LogP contribution in [0.5, 0.6) is 5.75 Å². The number of ether oxygens (including phenoxy) is 1. The molecule has 1 N–H and O–H groups in total. The number of aliphatic carboxylic acids is 1. The molecule has 0 aromatic heterocycles. The van der Waals surface area contributed by atoms with Gasteiger partial charge in [0.15, 0.2) is 0 Å². The first-order chi connectivity index (χ1) is 17.2.